The lowest BCUT2D eigenvalue weighted by Crippen LogP contribution is -2.21. The summed E-state index contributed by atoms with van der Waals surface area (Å²) in [6.07, 6.45) is 4.02. The van der Waals surface area contributed by atoms with Crippen LogP contribution in [0.1, 0.15) is 37.8 Å². The summed E-state index contributed by atoms with van der Waals surface area (Å²) in [6.45, 7) is 6.44. The van der Waals surface area contributed by atoms with Gasteiger partial charge in [0.05, 0.1) is 5.38 Å². The Labute approximate surface area is 107 Å². The molecule has 0 fully saturated rings. The molecule has 1 aromatic rings. The molecule has 92 valence electrons. The number of rotatable bonds is 1. The average Bonchev–Trinajstić information content (AvgIpc) is 2.18. The van der Waals surface area contributed by atoms with Crippen LogP contribution in [0.25, 0.3) is 5.57 Å². The van der Waals surface area contributed by atoms with Gasteiger partial charge in [-0.05, 0) is 54.0 Å². The standard InChI is InChI=1S/C15H18ClF/c1-10-4-5-13(17)7-14(10)11-6-12(16)9-15(2,3)8-11/h4-7,12H,8-9H2,1-3H3. The predicted octanol–water partition coefficient (Wildman–Crippen LogP) is 4.94. The van der Waals surface area contributed by atoms with Crippen molar-refractivity contribution in [3.8, 4) is 0 Å². The molecule has 0 nitrogen and oxygen atoms in total. The summed E-state index contributed by atoms with van der Waals surface area (Å²) in [4.78, 5) is 0. The zero-order valence-electron chi connectivity index (χ0n) is 10.6. The molecule has 0 amide bonds. The van der Waals surface area contributed by atoms with Crippen LogP contribution in [0.5, 0.6) is 0 Å². The van der Waals surface area contributed by atoms with E-state index < -0.39 is 0 Å². The van der Waals surface area contributed by atoms with E-state index in [0.717, 1.165) is 24.0 Å². The molecular formula is C15H18ClF. The number of hydrogen-bond donors (Lipinski definition) is 0. The number of hydrogen-bond acceptors (Lipinski definition) is 0. The first-order valence-electron chi connectivity index (χ1n) is 5.99. The second kappa shape index (κ2) is 4.45. The summed E-state index contributed by atoms with van der Waals surface area (Å²) in [7, 11) is 0. The first-order chi connectivity index (χ1) is 7.87. The molecule has 0 saturated carbocycles. The fraction of sp³-hybridized carbons (Fsp3) is 0.467. The van der Waals surface area contributed by atoms with Crippen LogP contribution in [0.15, 0.2) is 24.3 Å². The Kier molecular flexibility index (Phi) is 3.31. The number of halogens is 2. The lowest BCUT2D eigenvalue weighted by atomic mass is 9.75. The Morgan fingerprint density at radius 3 is 2.71 bits per heavy atom. The van der Waals surface area contributed by atoms with Crippen LogP contribution in [0.4, 0.5) is 4.39 Å². The highest BCUT2D eigenvalue weighted by atomic mass is 35.5. The van der Waals surface area contributed by atoms with E-state index in [0.29, 0.717) is 0 Å². The fourth-order valence-corrected chi connectivity index (χ4v) is 3.15. The van der Waals surface area contributed by atoms with E-state index in [4.69, 9.17) is 11.6 Å². The van der Waals surface area contributed by atoms with E-state index in [1.54, 1.807) is 6.07 Å². The molecule has 0 bridgehead atoms. The molecule has 0 saturated heterocycles. The number of allylic oxidation sites excluding steroid dienone is 2. The lowest BCUT2D eigenvalue weighted by Gasteiger charge is -2.33. The molecule has 2 rings (SSSR count). The Balaban J connectivity index is 2.43. The third-order valence-corrected chi connectivity index (χ3v) is 3.62. The van der Waals surface area contributed by atoms with Gasteiger partial charge in [-0.25, -0.2) is 4.39 Å². The Bertz CT molecular complexity index is 460. The molecule has 1 aromatic carbocycles. The van der Waals surface area contributed by atoms with E-state index in [9.17, 15) is 4.39 Å². The van der Waals surface area contributed by atoms with Crippen molar-refractivity contribution in [3.05, 3.63) is 41.2 Å². The zero-order valence-corrected chi connectivity index (χ0v) is 11.3. The van der Waals surface area contributed by atoms with Gasteiger partial charge in [-0.1, -0.05) is 26.0 Å². The first kappa shape index (κ1) is 12.6. The van der Waals surface area contributed by atoms with Gasteiger partial charge in [-0.15, -0.1) is 11.6 Å². The number of benzene rings is 1. The molecule has 0 aromatic heterocycles. The van der Waals surface area contributed by atoms with Crippen molar-refractivity contribution in [2.75, 3.05) is 0 Å². The van der Waals surface area contributed by atoms with E-state index in [2.05, 4.69) is 19.9 Å². The molecule has 0 heterocycles. The van der Waals surface area contributed by atoms with Crippen molar-refractivity contribution >= 4 is 17.2 Å². The van der Waals surface area contributed by atoms with E-state index in [-0.39, 0.29) is 16.6 Å². The summed E-state index contributed by atoms with van der Waals surface area (Å²) in [5, 5.41) is 0.0522. The number of aryl methyl sites for hydroxylation is 1. The second-order valence-electron chi connectivity index (χ2n) is 5.71. The highest BCUT2D eigenvalue weighted by molar-refractivity contribution is 6.22. The molecule has 0 radical (unpaired) electrons. The van der Waals surface area contributed by atoms with E-state index >= 15 is 0 Å². The molecule has 1 atom stereocenters. The van der Waals surface area contributed by atoms with Crippen LogP contribution in [0.2, 0.25) is 0 Å². The fourth-order valence-electron chi connectivity index (χ4n) is 2.58. The molecule has 1 aliphatic carbocycles. The normalized spacial score (nSPS) is 23.4. The minimum Gasteiger partial charge on any atom is -0.207 e. The van der Waals surface area contributed by atoms with Crippen molar-refractivity contribution in [2.24, 2.45) is 5.41 Å². The average molecular weight is 253 g/mol. The largest absolute Gasteiger partial charge is 0.207 e. The molecule has 0 aliphatic heterocycles. The minimum atomic E-state index is -0.180. The Hall–Kier alpha value is -0.820. The third-order valence-electron chi connectivity index (χ3n) is 3.34. The van der Waals surface area contributed by atoms with Gasteiger partial charge >= 0.3 is 0 Å². The molecule has 0 N–H and O–H groups in total. The van der Waals surface area contributed by atoms with Gasteiger partial charge in [0.2, 0.25) is 0 Å². The van der Waals surface area contributed by atoms with Crippen molar-refractivity contribution in [3.63, 3.8) is 0 Å². The van der Waals surface area contributed by atoms with Crippen LogP contribution in [-0.2, 0) is 0 Å². The van der Waals surface area contributed by atoms with Gasteiger partial charge in [0.25, 0.3) is 0 Å². The van der Waals surface area contributed by atoms with E-state index in [1.807, 2.05) is 13.0 Å². The lowest BCUT2D eigenvalue weighted by molar-refractivity contribution is 0.340. The summed E-state index contributed by atoms with van der Waals surface area (Å²) in [6, 6.07) is 4.95. The summed E-state index contributed by atoms with van der Waals surface area (Å²) < 4.78 is 13.3. The van der Waals surface area contributed by atoms with Crippen LogP contribution in [0, 0.1) is 18.2 Å². The van der Waals surface area contributed by atoms with Crippen LogP contribution in [0.3, 0.4) is 0 Å². The summed E-state index contributed by atoms with van der Waals surface area (Å²) in [5.41, 5.74) is 3.48. The summed E-state index contributed by atoms with van der Waals surface area (Å²) in [5.74, 6) is -0.180. The molecule has 17 heavy (non-hydrogen) atoms. The third kappa shape index (κ3) is 2.90. The highest BCUT2D eigenvalue weighted by Gasteiger charge is 2.28. The maximum absolute atomic E-state index is 13.3. The van der Waals surface area contributed by atoms with Crippen LogP contribution >= 0.6 is 11.6 Å². The number of alkyl halides is 1. The molecule has 1 unspecified atom stereocenters. The quantitative estimate of drug-likeness (QED) is 0.621. The monoisotopic (exact) mass is 252 g/mol. The minimum absolute atomic E-state index is 0.0522. The van der Waals surface area contributed by atoms with E-state index in [1.165, 1.54) is 11.6 Å². The van der Waals surface area contributed by atoms with Crippen molar-refractivity contribution < 1.29 is 4.39 Å². The molecule has 0 spiro atoms. The van der Waals surface area contributed by atoms with Gasteiger partial charge in [0, 0.05) is 0 Å². The second-order valence-corrected chi connectivity index (χ2v) is 6.27. The smallest absolute Gasteiger partial charge is 0.123 e. The maximum Gasteiger partial charge on any atom is 0.123 e. The van der Waals surface area contributed by atoms with Gasteiger partial charge in [0.15, 0.2) is 0 Å². The van der Waals surface area contributed by atoms with Gasteiger partial charge < -0.3 is 0 Å². The predicted molar refractivity (Wildman–Crippen MR) is 71.8 cm³/mol. The maximum atomic E-state index is 13.3. The first-order valence-corrected chi connectivity index (χ1v) is 6.42. The van der Waals surface area contributed by atoms with Gasteiger partial charge in [0.1, 0.15) is 5.82 Å². The Morgan fingerprint density at radius 2 is 2.06 bits per heavy atom. The Morgan fingerprint density at radius 1 is 1.35 bits per heavy atom. The topological polar surface area (TPSA) is 0 Å². The highest BCUT2D eigenvalue weighted by Crippen LogP contribution is 2.41. The van der Waals surface area contributed by atoms with Crippen molar-refractivity contribution in [1.29, 1.82) is 0 Å². The van der Waals surface area contributed by atoms with Gasteiger partial charge in [-0.3, -0.25) is 0 Å². The van der Waals surface area contributed by atoms with Crippen molar-refractivity contribution in [1.82, 2.24) is 0 Å². The van der Waals surface area contributed by atoms with Gasteiger partial charge in [-0.2, -0.15) is 0 Å². The summed E-state index contributed by atoms with van der Waals surface area (Å²) >= 11 is 6.27. The van der Waals surface area contributed by atoms with Crippen LogP contribution < -0.4 is 0 Å². The van der Waals surface area contributed by atoms with Crippen molar-refractivity contribution in [2.45, 2.75) is 39.0 Å². The SMILES string of the molecule is Cc1ccc(F)cc1C1=CC(Cl)CC(C)(C)C1. The van der Waals surface area contributed by atoms with Crippen LogP contribution in [-0.4, -0.2) is 5.38 Å². The molecular weight excluding hydrogens is 235 g/mol. The molecule has 2 heteroatoms. The zero-order chi connectivity index (χ0) is 12.6. The molecule has 1 aliphatic rings.